The molecule has 5 saturated heterocycles. The van der Waals surface area contributed by atoms with Gasteiger partial charge < -0.3 is 24.5 Å². The molecule has 0 spiro atoms. The molecule has 5 amide bonds. The van der Waals surface area contributed by atoms with Crippen molar-refractivity contribution in [1.82, 2.24) is 24.5 Å². The molecule has 522 valence electrons. The van der Waals surface area contributed by atoms with Crippen LogP contribution >= 0.6 is 11.6 Å². The van der Waals surface area contributed by atoms with Crippen LogP contribution in [0.5, 0.6) is 0 Å². The molecular formula is C77H103ClF7N5O5. The summed E-state index contributed by atoms with van der Waals surface area (Å²) in [4.78, 5) is 69.4. The highest BCUT2D eigenvalue weighted by Gasteiger charge is 2.43. The fraction of sp³-hybridized carbons (Fsp3) is 0.545. The van der Waals surface area contributed by atoms with E-state index in [2.05, 4.69) is 71.9 Å². The minimum absolute atomic E-state index is 0. The van der Waals surface area contributed by atoms with Crippen molar-refractivity contribution < 1.29 is 54.7 Å². The van der Waals surface area contributed by atoms with E-state index in [9.17, 15) is 54.7 Å². The molecule has 0 unspecified atom stereocenters. The molecule has 0 bridgehead atoms. The average Bonchev–Trinajstić information content (AvgIpc) is 0.793. The Labute approximate surface area is 566 Å². The van der Waals surface area contributed by atoms with E-state index in [0.29, 0.717) is 55.4 Å². The molecule has 10 nitrogen and oxygen atoms in total. The average molecular weight is 1350 g/mol. The first-order valence-corrected chi connectivity index (χ1v) is 34.1. The van der Waals surface area contributed by atoms with Gasteiger partial charge in [-0.1, -0.05) is 126 Å². The number of likely N-dealkylation sites (tertiary alicyclic amines) is 5. The molecule has 95 heavy (non-hydrogen) atoms. The number of nitrogens with zero attached hydrogens (tertiary/aromatic N) is 5. The number of carbonyl (C=O) groups excluding carboxylic acids is 5. The summed E-state index contributed by atoms with van der Waals surface area (Å²) < 4.78 is 95.5. The zero-order valence-corrected chi connectivity index (χ0v) is 58.6. The molecule has 5 aliphatic rings. The van der Waals surface area contributed by atoms with E-state index in [1.807, 2.05) is 87.4 Å². The molecular weight excluding hydrogens is 1240 g/mol. The highest BCUT2D eigenvalue weighted by molar-refractivity contribution is 6.31. The number of aryl methyl sites for hydroxylation is 1. The second-order valence-corrected chi connectivity index (χ2v) is 27.0. The van der Waals surface area contributed by atoms with Crippen molar-refractivity contribution in [3.05, 3.63) is 176 Å². The quantitative estimate of drug-likeness (QED) is 0.102. The van der Waals surface area contributed by atoms with Gasteiger partial charge in [-0.3, -0.25) is 24.0 Å². The summed E-state index contributed by atoms with van der Waals surface area (Å²) in [6.45, 7) is 35.0. The number of benzene rings is 5. The van der Waals surface area contributed by atoms with Crippen molar-refractivity contribution in [2.24, 2.45) is 29.6 Å². The monoisotopic (exact) mass is 1350 g/mol. The zero-order valence-electron chi connectivity index (χ0n) is 57.8. The highest BCUT2D eigenvalue weighted by atomic mass is 35.5. The van der Waals surface area contributed by atoms with Crippen molar-refractivity contribution in [3.63, 3.8) is 0 Å². The molecule has 5 fully saturated rings. The SMILES string of the molecule is C.CCN1C(=O)[C@@H](C)C[C@@H](c2c(F)c(F)cc(F)c2F)[C@H]1C.CCN1C(=O)[C@@H](C)C[C@@H](c2ccc(C)cc2)[C@H]1C.CCN1C(=O)[C@@H](C)C[C@@H](c2cccc(F)c2C)[C@H]1C.CCN1C(=O)[C@@H](C)C[C@@H](c2ccccc2Cl)[C@H]1C.CCN1C[C@H](c2cccc(F)c2F)C[C@H](C)C1=O. The number of piperidine rings is 5. The van der Waals surface area contributed by atoms with E-state index in [1.165, 1.54) is 33.7 Å². The Balaban J connectivity index is 0.000000215. The normalized spacial score (nSPS) is 26.8. The maximum absolute atomic E-state index is 14.0. The lowest BCUT2D eigenvalue weighted by atomic mass is 9.78. The van der Waals surface area contributed by atoms with Gasteiger partial charge in [-0.2, -0.15) is 0 Å². The van der Waals surface area contributed by atoms with Crippen LogP contribution < -0.4 is 0 Å². The van der Waals surface area contributed by atoms with E-state index in [0.717, 1.165) is 61.1 Å². The van der Waals surface area contributed by atoms with Crippen LogP contribution in [-0.2, 0) is 24.0 Å². The fourth-order valence-corrected chi connectivity index (χ4v) is 15.3. The summed E-state index contributed by atoms with van der Waals surface area (Å²) in [6.07, 6.45) is 3.41. The minimum Gasteiger partial charge on any atom is -0.342 e. The van der Waals surface area contributed by atoms with E-state index < -0.39 is 58.3 Å². The summed E-state index contributed by atoms with van der Waals surface area (Å²) in [5, 5.41) is 0.812. The molecule has 5 heterocycles. The third-order valence-electron chi connectivity index (χ3n) is 20.6. The maximum Gasteiger partial charge on any atom is 0.225 e. The molecule has 5 aromatic carbocycles. The molecule has 10 rings (SSSR count). The van der Waals surface area contributed by atoms with Crippen LogP contribution in [0.1, 0.15) is 205 Å². The van der Waals surface area contributed by atoms with Crippen LogP contribution in [0.2, 0.25) is 5.02 Å². The lowest BCUT2D eigenvalue weighted by molar-refractivity contribution is -0.142. The first kappa shape index (κ1) is 78.9. The Morgan fingerprint density at radius 3 is 1.23 bits per heavy atom. The fourth-order valence-electron chi connectivity index (χ4n) is 15.0. The van der Waals surface area contributed by atoms with Crippen LogP contribution in [0.3, 0.4) is 0 Å². The Bertz CT molecular complexity index is 3400. The third kappa shape index (κ3) is 17.9. The molecule has 5 aromatic rings. The summed E-state index contributed by atoms with van der Waals surface area (Å²) >= 11 is 6.29. The smallest absolute Gasteiger partial charge is 0.225 e. The predicted octanol–water partition coefficient (Wildman–Crippen LogP) is 17.7. The summed E-state index contributed by atoms with van der Waals surface area (Å²) in [5.41, 5.74) is 5.38. The lowest BCUT2D eigenvalue weighted by Gasteiger charge is -2.42. The second kappa shape index (κ2) is 35.0. The van der Waals surface area contributed by atoms with Crippen LogP contribution in [0.15, 0.2) is 91.0 Å². The van der Waals surface area contributed by atoms with E-state index in [-0.39, 0.29) is 97.0 Å². The molecule has 0 saturated carbocycles. The molecule has 0 N–H and O–H groups in total. The van der Waals surface area contributed by atoms with Gasteiger partial charge in [-0.05, 0) is 154 Å². The largest absolute Gasteiger partial charge is 0.342 e. The van der Waals surface area contributed by atoms with Gasteiger partial charge in [0.2, 0.25) is 29.5 Å². The number of hydrogen-bond acceptors (Lipinski definition) is 5. The van der Waals surface area contributed by atoms with Crippen LogP contribution in [0, 0.1) is 84.2 Å². The van der Waals surface area contributed by atoms with Gasteiger partial charge in [-0.15, -0.1) is 0 Å². The lowest BCUT2D eigenvalue weighted by Crippen LogP contribution is -2.49. The topological polar surface area (TPSA) is 102 Å². The van der Waals surface area contributed by atoms with Gasteiger partial charge in [0.1, 0.15) is 5.82 Å². The molecule has 14 atom stereocenters. The van der Waals surface area contributed by atoms with Gasteiger partial charge in [0.25, 0.3) is 0 Å². The molecule has 0 aromatic heterocycles. The number of rotatable bonds is 10. The van der Waals surface area contributed by atoms with Crippen molar-refractivity contribution in [2.75, 3.05) is 39.3 Å². The van der Waals surface area contributed by atoms with Crippen LogP contribution in [0.4, 0.5) is 30.7 Å². The second-order valence-electron chi connectivity index (χ2n) is 26.6. The number of hydrogen-bond donors (Lipinski definition) is 0. The Morgan fingerprint density at radius 2 is 0.779 bits per heavy atom. The maximum atomic E-state index is 14.0. The first-order chi connectivity index (χ1) is 44.4. The van der Waals surface area contributed by atoms with E-state index in [1.54, 1.807) is 37.8 Å². The number of likely N-dealkylation sites (N-methyl/N-ethyl adjacent to an activating group) is 5. The van der Waals surface area contributed by atoms with Crippen molar-refractivity contribution in [3.8, 4) is 0 Å². The first-order valence-electron chi connectivity index (χ1n) is 33.7. The van der Waals surface area contributed by atoms with Crippen LogP contribution in [-0.4, -0.2) is 117 Å². The van der Waals surface area contributed by atoms with Crippen molar-refractivity contribution in [1.29, 1.82) is 0 Å². The molecule has 0 radical (unpaired) electrons. The molecule has 5 aliphatic heterocycles. The minimum atomic E-state index is -1.41. The van der Waals surface area contributed by atoms with Crippen molar-refractivity contribution >= 4 is 41.1 Å². The highest BCUT2D eigenvalue weighted by Crippen LogP contribution is 2.43. The zero-order chi connectivity index (χ0) is 69.9. The summed E-state index contributed by atoms with van der Waals surface area (Å²) in [5.74, 6) is -6.71. The van der Waals surface area contributed by atoms with Crippen molar-refractivity contribution in [2.45, 2.75) is 204 Å². The Hall–Kier alpha value is -6.75. The van der Waals surface area contributed by atoms with Gasteiger partial charge in [0.05, 0.1) is 0 Å². The predicted molar refractivity (Wildman–Crippen MR) is 365 cm³/mol. The number of amides is 5. The molecule has 18 heteroatoms. The third-order valence-corrected chi connectivity index (χ3v) is 20.9. The van der Waals surface area contributed by atoms with Gasteiger partial charge in [0, 0.05) is 139 Å². The standard InChI is InChI=1S/C16H22FNO.C16H23NO.C15H20ClNO.C15H17F4NO.C14H17F2NO.CH4/c1-5-18-12(4)14(9-10(2)16(18)19)13-7-6-8-15(17)11(13)3;1-5-17-13(4)15(10-12(3)16(17)18)14-8-6-11(2)7-9-14;1-4-17-11(3)13(9-10(2)15(17)18)12-7-5-6-8-14(12)16;1-4-20-8(3)9(5-7(2)15(20)21)12-13(18)10(16)6-11(17)14(12)19;1-3-17-8-10(7-9(2)14(17)18)11-5-4-6-12(15)13(11)16;/h6-8,10,12,14H,5,9H2,1-4H3;6-9,12-13,15H,5,10H2,1-4H3;5-8,10-11,13H,4,9H2,1-3H3;6-9H,4-5H2,1-3H3;4-6,9-10H,3,7-8H2,1-2H3;1H4/t10-,12+,14+;12-,13+,15+;10-,11+,13+;7-,8+,9+;9-,10+;/m00000./s1. The van der Waals surface area contributed by atoms with Crippen LogP contribution in [0.25, 0.3) is 0 Å². The Morgan fingerprint density at radius 1 is 0.400 bits per heavy atom. The van der Waals surface area contributed by atoms with Gasteiger partial charge in [0.15, 0.2) is 34.9 Å². The summed E-state index contributed by atoms with van der Waals surface area (Å²) in [7, 11) is 0. The molecule has 0 aliphatic carbocycles. The summed E-state index contributed by atoms with van der Waals surface area (Å²) in [6, 6.07) is 26.6. The number of carbonyl (C=O) groups is 5. The van der Waals surface area contributed by atoms with Gasteiger partial charge >= 0.3 is 0 Å². The van der Waals surface area contributed by atoms with E-state index in [4.69, 9.17) is 11.6 Å². The number of halogens is 8. The van der Waals surface area contributed by atoms with Gasteiger partial charge in [-0.25, -0.2) is 30.7 Å². The Kier molecular flexibility index (Phi) is 29.1. The van der Waals surface area contributed by atoms with E-state index >= 15 is 0 Å².